The van der Waals surface area contributed by atoms with E-state index in [4.69, 9.17) is 18.9 Å². The summed E-state index contributed by atoms with van der Waals surface area (Å²) >= 11 is 0. The summed E-state index contributed by atoms with van der Waals surface area (Å²) in [5.74, 6) is 1.23. The van der Waals surface area contributed by atoms with Gasteiger partial charge in [0, 0.05) is 31.2 Å². The predicted octanol–water partition coefficient (Wildman–Crippen LogP) is 5.34. The second kappa shape index (κ2) is 11.9. The zero-order valence-electron chi connectivity index (χ0n) is 21.2. The first-order valence-electron chi connectivity index (χ1n) is 11.8. The molecule has 0 saturated heterocycles. The SMILES string of the molecule is COC[C@H](C)Oc1cc(Oc2ccc(S(C)(=O)=O)nc2)cc(-c2cccn2C(=O)OCc2ccccc2)c1. The number of hydrogen-bond acceptors (Lipinski definition) is 8. The molecular formula is C28H28N2O7S. The van der Waals surface area contributed by atoms with Gasteiger partial charge in [0.2, 0.25) is 0 Å². The van der Waals surface area contributed by atoms with Crippen LogP contribution < -0.4 is 9.47 Å². The molecule has 0 spiro atoms. The summed E-state index contributed by atoms with van der Waals surface area (Å²) in [6, 6.07) is 21.1. The van der Waals surface area contributed by atoms with E-state index >= 15 is 0 Å². The molecule has 10 heteroatoms. The molecule has 0 fully saturated rings. The van der Waals surface area contributed by atoms with Crippen LogP contribution in [0.5, 0.6) is 17.2 Å². The van der Waals surface area contributed by atoms with Crippen LogP contribution in [0.2, 0.25) is 0 Å². The van der Waals surface area contributed by atoms with E-state index in [1.54, 1.807) is 43.6 Å². The van der Waals surface area contributed by atoms with Gasteiger partial charge in [0.05, 0.1) is 18.5 Å². The highest BCUT2D eigenvalue weighted by atomic mass is 32.2. The van der Waals surface area contributed by atoms with Gasteiger partial charge in [-0.05, 0) is 48.9 Å². The highest BCUT2D eigenvalue weighted by molar-refractivity contribution is 7.90. The van der Waals surface area contributed by atoms with E-state index in [0.29, 0.717) is 35.1 Å². The average Bonchev–Trinajstić information content (AvgIpc) is 3.38. The normalized spacial score (nSPS) is 12.1. The molecule has 198 valence electrons. The first kappa shape index (κ1) is 26.9. The molecular weight excluding hydrogens is 508 g/mol. The molecule has 1 atom stereocenters. The summed E-state index contributed by atoms with van der Waals surface area (Å²) in [5.41, 5.74) is 2.09. The minimum atomic E-state index is -3.44. The first-order chi connectivity index (χ1) is 18.2. The number of aromatic nitrogens is 2. The molecule has 0 unspecified atom stereocenters. The summed E-state index contributed by atoms with van der Waals surface area (Å²) in [4.78, 5) is 16.9. The number of benzene rings is 2. The van der Waals surface area contributed by atoms with Crippen LogP contribution in [0, 0.1) is 0 Å². The van der Waals surface area contributed by atoms with E-state index in [2.05, 4.69) is 4.98 Å². The monoisotopic (exact) mass is 536 g/mol. The maximum atomic E-state index is 12.9. The number of hydrogen-bond donors (Lipinski definition) is 0. The third-order valence-corrected chi connectivity index (χ3v) is 6.39. The second-order valence-corrected chi connectivity index (χ2v) is 10.5. The van der Waals surface area contributed by atoms with E-state index in [1.165, 1.54) is 22.9 Å². The molecule has 9 nitrogen and oxygen atoms in total. The Morgan fingerprint density at radius 1 is 0.974 bits per heavy atom. The molecule has 0 saturated carbocycles. The van der Waals surface area contributed by atoms with Crippen molar-refractivity contribution >= 4 is 15.9 Å². The Bertz CT molecular complexity index is 1480. The fourth-order valence-electron chi connectivity index (χ4n) is 3.69. The van der Waals surface area contributed by atoms with Crippen molar-refractivity contribution in [2.45, 2.75) is 24.7 Å². The Morgan fingerprint density at radius 2 is 1.74 bits per heavy atom. The molecule has 2 aromatic heterocycles. The van der Waals surface area contributed by atoms with Gasteiger partial charge < -0.3 is 18.9 Å². The van der Waals surface area contributed by atoms with Crippen LogP contribution in [0.25, 0.3) is 11.3 Å². The van der Waals surface area contributed by atoms with Gasteiger partial charge in [0.1, 0.15) is 30.0 Å². The van der Waals surface area contributed by atoms with Gasteiger partial charge in [0.15, 0.2) is 14.9 Å². The zero-order chi connectivity index (χ0) is 27.1. The van der Waals surface area contributed by atoms with Crippen molar-refractivity contribution in [3.63, 3.8) is 0 Å². The number of pyridine rings is 1. The van der Waals surface area contributed by atoms with Crippen LogP contribution in [-0.2, 0) is 25.9 Å². The lowest BCUT2D eigenvalue weighted by Gasteiger charge is -2.17. The second-order valence-electron chi connectivity index (χ2n) is 8.59. The molecule has 38 heavy (non-hydrogen) atoms. The Kier molecular flexibility index (Phi) is 8.45. The minimum Gasteiger partial charge on any atom is -0.488 e. The van der Waals surface area contributed by atoms with E-state index in [9.17, 15) is 13.2 Å². The summed E-state index contributed by atoms with van der Waals surface area (Å²) < 4.78 is 47.5. The number of carbonyl (C=O) groups excluding carboxylic acids is 1. The van der Waals surface area contributed by atoms with Crippen molar-refractivity contribution in [1.82, 2.24) is 9.55 Å². The highest BCUT2D eigenvalue weighted by Gasteiger charge is 2.16. The summed E-state index contributed by atoms with van der Waals surface area (Å²) in [6.45, 7) is 2.38. The van der Waals surface area contributed by atoms with Crippen LogP contribution in [0.1, 0.15) is 12.5 Å². The summed E-state index contributed by atoms with van der Waals surface area (Å²) in [7, 11) is -1.85. The number of rotatable bonds is 10. The molecule has 2 heterocycles. The quantitative estimate of drug-likeness (QED) is 0.267. The van der Waals surface area contributed by atoms with E-state index in [0.717, 1.165) is 11.8 Å². The van der Waals surface area contributed by atoms with Gasteiger partial charge in [-0.1, -0.05) is 30.3 Å². The topological polar surface area (TPSA) is 106 Å². The molecule has 4 aromatic rings. The third kappa shape index (κ3) is 6.99. The van der Waals surface area contributed by atoms with Crippen LogP contribution >= 0.6 is 0 Å². The van der Waals surface area contributed by atoms with Crippen LogP contribution in [0.4, 0.5) is 4.79 Å². The molecule has 0 N–H and O–H groups in total. The van der Waals surface area contributed by atoms with Crippen molar-refractivity contribution in [1.29, 1.82) is 0 Å². The lowest BCUT2D eigenvalue weighted by molar-refractivity contribution is 0.0920. The fraction of sp³-hybridized carbons (Fsp3) is 0.214. The number of nitrogens with zero attached hydrogens (tertiary/aromatic N) is 2. The summed E-state index contributed by atoms with van der Waals surface area (Å²) in [6.07, 6.45) is 3.26. The summed E-state index contributed by atoms with van der Waals surface area (Å²) in [5, 5.41) is -0.0529. The Morgan fingerprint density at radius 3 is 2.42 bits per heavy atom. The number of sulfone groups is 1. The van der Waals surface area contributed by atoms with Crippen LogP contribution in [0.15, 0.2) is 90.2 Å². The van der Waals surface area contributed by atoms with Crippen molar-refractivity contribution in [3.8, 4) is 28.5 Å². The molecule has 0 aliphatic carbocycles. The predicted molar refractivity (Wildman–Crippen MR) is 141 cm³/mol. The molecule has 0 aliphatic rings. The van der Waals surface area contributed by atoms with Gasteiger partial charge in [-0.15, -0.1) is 0 Å². The van der Waals surface area contributed by atoms with Crippen molar-refractivity contribution in [3.05, 3.63) is 90.8 Å². The zero-order valence-corrected chi connectivity index (χ0v) is 22.1. The smallest absolute Gasteiger partial charge is 0.418 e. The van der Waals surface area contributed by atoms with E-state index < -0.39 is 15.9 Å². The van der Waals surface area contributed by atoms with E-state index in [-0.39, 0.29) is 17.7 Å². The fourth-order valence-corrected chi connectivity index (χ4v) is 4.25. The first-order valence-corrected chi connectivity index (χ1v) is 13.7. The number of carbonyl (C=O) groups is 1. The lowest BCUT2D eigenvalue weighted by atomic mass is 10.1. The van der Waals surface area contributed by atoms with Gasteiger partial charge in [-0.2, -0.15) is 0 Å². The highest BCUT2D eigenvalue weighted by Crippen LogP contribution is 2.33. The van der Waals surface area contributed by atoms with E-state index in [1.807, 2.05) is 37.3 Å². The van der Waals surface area contributed by atoms with Crippen molar-refractivity contribution < 1.29 is 32.2 Å². The van der Waals surface area contributed by atoms with Crippen molar-refractivity contribution in [2.24, 2.45) is 0 Å². The Balaban J connectivity index is 1.63. The lowest BCUT2D eigenvalue weighted by Crippen LogP contribution is -2.18. The minimum absolute atomic E-state index is 0.0529. The molecule has 0 aliphatic heterocycles. The van der Waals surface area contributed by atoms with Gasteiger partial charge in [-0.25, -0.2) is 18.2 Å². The third-order valence-electron chi connectivity index (χ3n) is 5.39. The largest absolute Gasteiger partial charge is 0.488 e. The van der Waals surface area contributed by atoms with Gasteiger partial charge >= 0.3 is 6.09 Å². The molecule has 0 radical (unpaired) electrons. The molecule has 2 aromatic carbocycles. The van der Waals surface area contributed by atoms with Crippen LogP contribution in [0.3, 0.4) is 0 Å². The Hall–Kier alpha value is -4.15. The van der Waals surface area contributed by atoms with Crippen molar-refractivity contribution in [2.75, 3.05) is 20.0 Å². The molecule has 0 bridgehead atoms. The Labute approximate surface area is 221 Å². The number of ether oxygens (including phenoxy) is 4. The van der Waals surface area contributed by atoms with Gasteiger partial charge in [-0.3, -0.25) is 4.57 Å². The maximum Gasteiger partial charge on any atom is 0.418 e. The standard InChI is InChI=1S/C28H28N2O7S/c1-20(18-34-2)36-24-14-22(15-25(16-24)37-23-11-12-27(29-17-23)38(3,32)33)26-10-7-13-30(26)28(31)35-19-21-8-5-4-6-9-21/h4-17,20H,18-19H2,1-3H3/t20-/m0/s1. The van der Waals surface area contributed by atoms with Crippen LogP contribution in [-0.4, -0.2) is 50.1 Å². The maximum absolute atomic E-state index is 12.9. The average molecular weight is 537 g/mol. The molecule has 0 amide bonds. The number of methoxy groups -OCH3 is 1. The van der Waals surface area contributed by atoms with Gasteiger partial charge in [0.25, 0.3) is 0 Å². The molecule has 4 rings (SSSR count).